The average molecular weight is 317 g/mol. The summed E-state index contributed by atoms with van der Waals surface area (Å²) in [5.41, 5.74) is 1.55. The van der Waals surface area contributed by atoms with E-state index in [1.807, 2.05) is 6.20 Å². The maximum absolute atomic E-state index is 6.12. The van der Waals surface area contributed by atoms with Crippen molar-refractivity contribution in [1.82, 2.24) is 9.88 Å². The zero-order valence-corrected chi connectivity index (χ0v) is 15.2. The number of piperazine rings is 1. The average Bonchev–Trinajstić information content (AvgIpc) is 2.68. The normalized spacial score (nSPS) is 24.3. The summed E-state index contributed by atoms with van der Waals surface area (Å²) in [5.74, 6) is 1.08. The standard InChI is InChI=1S/C17H28BN3O2/c1-13-11-14(18-22-16(2,3)17(4,5)23-18)12-19-15(13)21-9-7-20(6)8-10-21/h11-12H,7-10H2,1-6H3. The lowest BCUT2D eigenvalue weighted by Gasteiger charge is -2.34. The minimum absolute atomic E-state index is 0.318. The molecule has 3 heterocycles. The van der Waals surface area contributed by atoms with Gasteiger partial charge in [-0.3, -0.25) is 0 Å². The molecule has 126 valence electrons. The van der Waals surface area contributed by atoms with Crippen LogP contribution >= 0.6 is 0 Å². The second kappa shape index (κ2) is 5.76. The SMILES string of the molecule is Cc1cc(B2OC(C)(C)C(C)(C)O2)cnc1N1CCN(C)CC1. The maximum Gasteiger partial charge on any atom is 0.496 e. The van der Waals surface area contributed by atoms with E-state index in [2.05, 4.69) is 57.5 Å². The van der Waals surface area contributed by atoms with Gasteiger partial charge < -0.3 is 19.1 Å². The fourth-order valence-electron chi connectivity index (χ4n) is 3.05. The van der Waals surface area contributed by atoms with E-state index in [9.17, 15) is 0 Å². The Morgan fingerprint density at radius 1 is 1.04 bits per heavy atom. The Bertz CT molecular complexity index is 567. The van der Waals surface area contributed by atoms with Gasteiger partial charge in [0.05, 0.1) is 11.2 Å². The number of aryl methyl sites for hydroxylation is 1. The van der Waals surface area contributed by atoms with Gasteiger partial charge in [0.2, 0.25) is 0 Å². The first-order chi connectivity index (χ1) is 10.7. The van der Waals surface area contributed by atoms with Crippen molar-refractivity contribution in [3.8, 4) is 0 Å². The summed E-state index contributed by atoms with van der Waals surface area (Å²) in [6, 6.07) is 2.16. The summed E-state index contributed by atoms with van der Waals surface area (Å²) >= 11 is 0. The highest BCUT2D eigenvalue weighted by Crippen LogP contribution is 2.36. The summed E-state index contributed by atoms with van der Waals surface area (Å²) in [6.45, 7) is 14.6. The molecule has 1 aromatic heterocycles. The third kappa shape index (κ3) is 3.12. The highest BCUT2D eigenvalue weighted by Gasteiger charge is 2.51. The van der Waals surface area contributed by atoms with Crippen LogP contribution < -0.4 is 10.4 Å². The molecule has 0 atom stereocenters. The topological polar surface area (TPSA) is 37.8 Å². The van der Waals surface area contributed by atoms with Gasteiger partial charge in [-0.1, -0.05) is 6.07 Å². The van der Waals surface area contributed by atoms with Crippen LogP contribution in [0.5, 0.6) is 0 Å². The first-order valence-corrected chi connectivity index (χ1v) is 8.45. The van der Waals surface area contributed by atoms with Gasteiger partial charge in [-0.2, -0.15) is 0 Å². The molecule has 0 aromatic carbocycles. The molecule has 0 radical (unpaired) electrons. The largest absolute Gasteiger partial charge is 0.496 e. The van der Waals surface area contributed by atoms with Gasteiger partial charge in [-0.15, -0.1) is 0 Å². The lowest BCUT2D eigenvalue weighted by atomic mass is 9.79. The Morgan fingerprint density at radius 2 is 1.61 bits per heavy atom. The Morgan fingerprint density at radius 3 is 2.13 bits per heavy atom. The van der Waals surface area contributed by atoms with Gasteiger partial charge in [0, 0.05) is 37.8 Å². The Kier molecular flexibility index (Phi) is 4.19. The molecule has 3 rings (SSSR count). The first-order valence-electron chi connectivity index (χ1n) is 8.45. The fourth-order valence-corrected chi connectivity index (χ4v) is 3.05. The van der Waals surface area contributed by atoms with E-state index < -0.39 is 0 Å². The zero-order chi connectivity index (χ0) is 16.8. The molecule has 0 bridgehead atoms. The Balaban J connectivity index is 1.78. The molecule has 23 heavy (non-hydrogen) atoms. The van der Waals surface area contributed by atoms with Gasteiger partial charge in [0.15, 0.2) is 0 Å². The number of nitrogens with zero attached hydrogens (tertiary/aromatic N) is 3. The molecule has 2 fully saturated rings. The van der Waals surface area contributed by atoms with Gasteiger partial charge in [0.1, 0.15) is 5.82 Å². The molecule has 0 amide bonds. The number of aromatic nitrogens is 1. The molecule has 0 N–H and O–H groups in total. The molecule has 0 spiro atoms. The molecule has 2 saturated heterocycles. The van der Waals surface area contributed by atoms with Crippen molar-refractivity contribution in [2.75, 3.05) is 38.1 Å². The van der Waals surface area contributed by atoms with Gasteiger partial charge in [0.25, 0.3) is 0 Å². The van der Waals surface area contributed by atoms with E-state index in [1.54, 1.807) is 0 Å². The highest BCUT2D eigenvalue weighted by molar-refractivity contribution is 6.62. The van der Waals surface area contributed by atoms with Crippen LogP contribution in [0.1, 0.15) is 33.3 Å². The molecule has 2 aliphatic rings. The summed E-state index contributed by atoms with van der Waals surface area (Å²) in [6.07, 6.45) is 1.91. The molecular weight excluding hydrogens is 289 g/mol. The summed E-state index contributed by atoms with van der Waals surface area (Å²) in [5, 5.41) is 0. The van der Waals surface area contributed by atoms with E-state index in [0.717, 1.165) is 37.5 Å². The Hall–Kier alpha value is -1.11. The molecule has 0 saturated carbocycles. The van der Waals surface area contributed by atoms with Crippen molar-refractivity contribution >= 4 is 18.4 Å². The number of likely N-dealkylation sites (N-methyl/N-ethyl adjacent to an activating group) is 1. The third-order valence-corrected chi connectivity index (χ3v) is 5.40. The second-order valence-electron chi connectivity index (χ2n) is 7.79. The molecule has 0 unspecified atom stereocenters. The maximum atomic E-state index is 6.12. The van der Waals surface area contributed by atoms with Crippen LogP contribution in [0.3, 0.4) is 0 Å². The molecule has 6 heteroatoms. The molecule has 0 aliphatic carbocycles. The number of hydrogen-bond acceptors (Lipinski definition) is 5. The number of rotatable bonds is 2. The van der Waals surface area contributed by atoms with Crippen LogP contribution in [0.25, 0.3) is 0 Å². The number of anilines is 1. The van der Waals surface area contributed by atoms with E-state index in [4.69, 9.17) is 14.3 Å². The van der Waals surface area contributed by atoms with E-state index in [0.29, 0.717) is 0 Å². The third-order valence-electron chi connectivity index (χ3n) is 5.40. The van der Waals surface area contributed by atoms with Crippen molar-refractivity contribution in [2.45, 2.75) is 45.8 Å². The fraction of sp³-hybridized carbons (Fsp3) is 0.706. The lowest BCUT2D eigenvalue weighted by molar-refractivity contribution is 0.00578. The minimum Gasteiger partial charge on any atom is -0.399 e. The van der Waals surface area contributed by atoms with E-state index in [1.165, 1.54) is 5.56 Å². The molecular formula is C17H28BN3O2. The van der Waals surface area contributed by atoms with Gasteiger partial charge in [-0.05, 0) is 47.2 Å². The summed E-state index contributed by atoms with van der Waals surface area (Å²) in [7, 11) is 1.83. The molecule has 5 nitrogen and oxygen atoms in total. The van der Waals surface area contributed by atoms with Gasteiger partial charge >= 0.3 is 7.12 Å². The van der Waals surface area contributed by atoms with Crippen molar-refractivity contribution in [3.05, 3.63) is 17.8 Å². The van der Waals surface area contributed by atoms with Crippen LogP contribution in [-0.2, 0) is 9.31 Å². The van der Waals surface area contributed by atoms with E-state index >= 15 is 0 Å². The van der Waals surface area contributed by atoms with Crippen LogP contribution in [0, 0.1) is 6.92 Å². The number of pyridine rings is 1. The predicted molar refractivity (Wildman–Crippen MR) is 94.4 cm³/mol. The lowest BCUT2D eigenvalue weighted by Crippen LogP contribution is -2.45. The number of hydrogen-bond donors (Lipinski definition) is 0. The monoisotopic (exact) mass is 317 g/mol. The quantitative estimate of drug-likeness (QED) is 0.772. The van der Waals surface area contributed by atoms with Crippen molar-refractivity contribution < 1.29 is 9.31 Å². The molecule has 1 aromatic rings. The minimum atomic E-state index is -0.340. The van der Waals surface area contributed by atoms with Crippen LogP contribution in [-0.4, -0.2) is 61.4 Å². The summed E-state index contributed by atoms with van der Waals surface area (Å²) < 4.78 is 12.2. The van der Waals surface area contributed by atoms with Crippen LogP contribution in [0.2, 0.25) is 0 Å². The van der Waals surface area contributed by atoms with E-state index in [-0.39, 0.29) is 18.3 Å². The van der Waals surface area contributed by atoms with Crippen molar-refractivity contribution in [3.63, 3.8) is 0 Å². The smallest absolute Gasteiger partial charge is 0.399 e. The van der Waals surface area contributed by atoms with Crippen molar-refractivity contribution in [2.24, 2.45) is 0 Å². The van der Waals surface area contributed by atoms with Crippen molar-refractivity contribution in [1.29, 1.82) is 0 Å². The highest BCUT2D eigenvalue weighted by atomic mass is 16.7. The zero-order valence-electron chi connectivity index (χ0n) is 15.2. The predicted octanol–water partition coefficient (Wildman–Crippen LogP) is 1.44. The van der Waals surface area contributed by atoms with Crippen LogP contribution in [0.4, 0.5) is 5.82 Å². The van der Waals surface area contributed by atoms with Crippen LogP contribution in [0.15, 0.2) is 12.3 Å². The molecule has 2 aliphatic heterocycles. The second-order valence-corrected chi connectivity index (χ2v) is 7.79. The Labute approximate surface area is 140 Å². The first kappa shape index (κ1) is 16.7. The van der Waals surface area contributed by atoms with Gasteiger partial charge in [-0.25, -0.2) is 4.98 Å². The summed E-state index contributed by atoms with van der Waals surface area (Å²) in [4.78, 5) is 9.43.